The lowest BCUT2D eigenvalue weighted by molar-refractivity contribution is 0.0698. The number of rotatable bonds is 6. The van der Waals surface area contributed by atoms with Gasteiger partial charge in [-0.3, -0.25) is 4.68 Å². The number of carboxylic acids is 1. The fourth-order valence-electron chi connectivity index (χ4n) is 2.68. The van der Waals surface area contributed by atoms with Crippen molar-refractivity contribution in [2.75, 3.05) is 5.32 Å². The molecule has 0 aliphatic heterocycles. The molecule has 122 valence electrons. The first-order valence-corrected chi connectivity index (χ1v) is 8.39. The number of nitrogens with one attached hydrogen (secondary N) is 2. The smallest absolute Gasteiger partial charge is 0.341 e. The molecule has 0 radical (unpaired) electrons. The van der Waals surface area contributed by atoms with Crippen LogP contribution in [0.15, 0.2) is 6.20 Å². The quantitative estimate of drug-likeness (QED) is 0.698. The van der Waals surface area contributed by atoms with Crippen molar-refractivity contribution in [3.63, 3.8) is 0 Å². The number of anilines is 1. The number of aromatic carboxylic acids is 1. The number of hydrogen-bond acceptors (Lipinski definition) is 3. The molecule has 7 heteroatoms. The van der Waals surface area contributed by atoms with E-state index in [0.717, 1.165) is 25.7 Å². The van der Waals surface area contributed by atoms with Crippen LogP contribution in [0.25, 0.3) is 0 Å². The zero-order valence-electron chi connectivity index (χ0n) is 13.0. The van der Waals surface area contributed by atoms with Crippen LogP contribution in [0.5, 0.6) is 0 Å². The Labute approximate surface area is 136 Å². The number of carboxylic acid groups (broad SMARTS) is 1. The minimum Gasteiger partial charge on any atom is -0.477 e. The van der Waals surface area contributed by atoms with E-state index in [9.17, 15) is 9.90 Å². The molecule has 2 rings (SSSR count). The van der Waals surface area contributed by atoms with Gasteiger partial charge in [0.1, 0.15) is 5.56 Å². The van der Waals surface area contributed by atoms with E-state index in [2.05, 4.69) is 22.7 Å². The zero-order valence-corrected chi connectivity index (χ0v) is 13.8. The van der Waals surface area contributed by atoms with Gasteiger partial charge in [0.05, 0.1) is 0 Å². The molecule has 1 fully saturated rings. The summed E-state index contributed by atoms with van der Waals surface area (Å²) in [5.74, 6) is -0.678. The normalized spacial score (nSPS) is 15.5. The van der Waals surface area contributed by atoms with E-state index < -0.39 is 5.97 Å². The van der Waals surface area contributed by atoms with Crippen molar-refractivity contribution in [2.24, 2.45) is 0 Å². The van der Waals surface area contributed by atoms with E-state index in [1.807, 2.05) is 0 Å². The Hall–Kier alpha value is -1.63. The predicted octanol–water partition coefficient (Wildman–Crippen LogP) is 3.00. The summed E-state index contributed by atoms with van der Waals surface area (Å²) >= 11 is 5.30. The molecule has 1 heterocycles. The van der Waals surface area contributed by atoms with Gasteiger partial charge in [-0.05, 0) is 31.5 Å². The second-order valence-corrected chi connectivity index (χ2v) is 6.15. The molecule has 1 saturated carbocycles. The van der Waals surface area contributed by atoms with Gasteiger partial charge >= 0.3 is 5.97 Å². The standard InChI is InChI=1S/C15H24N4O2S/c1-2-3-9-19-10-12(14(20)21)13(18-19)17-15(22)16-11-7-5-4-6-8-11/h10-11H,2-9H2,1H3,(H,20,21)(H2,16,17,18,22). The maximum atomic E-state index is 11.3. The fraction of sp³-hybridized carbons (Fsp3) is 0.667. The highest BCUT2D eigenvalue weighted by Crippen LogP contribution is 2.18. The first kappa shape index (κ1) is 16.7. The van der Waals surface area contributed by atoms with Gasteiger partial charge in [-0.15, -0.1) is 0 Å². The van der Waals surface area contributed by atoms with Crippen LogP contribution >= 0.6 is 12.2 Å². The van der Waals surface area contributed by atoms with Crippen molar-refractivity contribution in [1.29, 1.82) is 0 Å². The number of thiocarbonyl (C=S) groups is 1. The van der Waals surface area contributed by atoms with Gasteiger partial charge in [-0.2, -0.15) is 5.10 Å². The summed E-state index contributed by atoms with van der Waals surface area (Å²) in [7, 11) is 0. The monoisotopic (exact) mass is 324 g/mol. The summed E-state index contributed by atoms with van der Waals surface area (Å²) < 4.78 is 1.67. The van der Waals surface area contributed by atoms with Crippen molar-refractivity contribution in [1.82, 2.24) is 15.1 Å². The molecule has 0 unspecified atom stereocenters. The van der Waals surface area contributed by atoms with Crippen LogP contribution in [0.4, 0.5) is 5.82 Å². The molecule has 1 aromatic heterocycles. The minimum atomic E-state index is -0.995. The first-order chi connectivity index (χ1) is 10.6. The van der Waals surface area contributed by atoms with E-state index in [1.165, 1.54) is 19.3 Å². The summed E-state index contributed by atoms with van der Waals surface area (Å²) in [5, 5.41) is 20.2. The Morgan fingerprint density at radius 1 is 1.45 bits per heavy atom. The predicted molar refractivity (Wildman–Crippen MR) is 90.3 cm³/mol. The molecular formula is C15H24N4O2S. The van der Waals surface area contributed by atoms with Crippen LogP contribution in [0.1, 0.15) is 62.2 Å². The number of hydrogen-bond donors (Lipinski definition) is 3. The van der Waals surface area contributed by atoms with Crippen LogP contribution in [0.3, 0.4) is 0 Å². The summed E-state index contributed by atoms with van der Waals surface area (Å²) in [6, 6.07) is 0.379. The van der Waals surface area contributed by atoms with E-state index in [0.29, 0.717) is 23.5 Å². The van der Waals surface area contributed by atoms with Crippen molar-refractivity contribution >= 4 is 29.1 Å². The molecule has 0 atom stereocenters. The zero-order chi connectivity index (χ0) is 15.9. The lowest BCUT2D eigenvalue weighted by Crippen LogP contribution is -2.39. The Morgan fingerprint density at radius 2 is 2.18 bits per heavy atom. The molecule has 0 bridgehead atoms. The van der Waals surface area contributed by atoms with Gasteiger partial charge in [-0.1, -0.05) is 32.6 Å². The number of aryl methyl sites for hydroxylation is 1. The van der Waals surface area contributed by atoms with E-state index in [-0.39, 0.29) is 5.56 Å². The number of nitrogens with zero attached hydrogens (tertiary/aromatic N) is 2. The summed E-state index contributed by atoms with van der Waals surface area (Å²) in [5.41, 5.74) is 0.156. The van der Waals surface area contributed by atoms with Crippen LogP contribution < -0.4 is 10.6 Å². The third-order valence-corrected chi connectivity index (χ3v) is 4.13. The van der Waals surface area contributed by atoms with E-state index in [1.54, 1.807) is 10.9 Å². The fourth-order valence-corrected chi connectivity index (χ4v) is 2.94. The maximum absolute atomic E-state index is 11.3. The minimum absolute atomic E-state index is 0.156. The van der Waals surface area contributed by atoms with Gasteiger partial charge in [0.25, 0.3) is 0 Å². The van der Waals surface area contributed by atoms with Crippen molar-refractivity contribution in [3.8, 4) is 0 Å². The molecule has 3 N–H and O–H groups in total. The lowest BCUT2D eigenvalue weighted by atomic mass is 9.96. The summed E-state index contributed by atoms with van der Waals surface area (Å²) in [6.07, 6.45) is 9.49. The Morgan fingerprint density at radius 3 is 2.82 bits per heavy atom. The SMILES string of the molecule is CCCCn1cc(C(=O)O)c(NC(=S)NC2CCCCC2)n1. The van der Waals surface area contributed by atoms with E-state index >= 15 is 0 Å². The molecule has 6 nitrogen and oxygen atoms in total. The average Bonchev–Trinajstić information content (AvgIpc) is 2.89. The van der Waals surface area contributed by atoms with Crippen LogP contribution in [0.2, 0.25) is 0 Å². The summed E-state index contributed by atoms with van der Waals surface area (Å²) in [6.45, 7) is 2.80. The van der Waals surface area contributed by atoms with Gasteiger partial charge in [0, 0.05) is 18.8 Å². The Balaban J connectivity index is 1.98. The molecule has 0 amide bonds. The molecule has 1 aliphatic rings. The van der Waals surface area contributed by atoms with Gasteiger partial charge in [0.2, 0.25) is 0 Å². The van der Waals surface area contributed by atoms with E-state index in [4.69, 9.17) is 12.2 Å². The van der Waals surface area contributed by atoms with Gasteiger partial charge in [-0.25, -0.2) is 4.79 Å². The number of carbonyl (C=O) groups is 1. The first-order valence-electron chi connectivity index (χ1n) is 7.98. The van der Waals surface area contributed by atoms with Crippen molar-refractivity contribution in [2.45, 2.75) is 64.5 Å². The van der Waals surface area contributed by atoms with Crippen LogP contribution in [0, 0.1) is 0 Å². The molecule has 1 aliphatic carbocycles. The number of unbranched alkanes of at least 4 members (excludes halogenated alkanes) is 1. The highest BCUT2D eigenvalue weighted by Gasteiger charge is 2.18. The second kappa shape index (κ2) is 8.12. The average molecular weight is 324 g/mol. The van der Waals surface area contributed by atoms with Crippen LogP contribution in [-0.4, -0.2) is 32.0 Å². The summed E-state index contributed by atoms with van der Waals surface area (Å²) in [4.78, 5) is 11.3. The van der Waals surface area contributed by atoms with Crippen molar-refractivity contribution < 1.29 is 9.90 Å². The largest absolute Gasteiger partial charge is 0.477 e. The van der Waals surface area contributed by atoms with Gasteiger partial charge < -0.3 is 15.7 Å². The van der Waals surface area contributed by atoms with Crippen LogP contribution in [-0.2, 0) is 6.54 Å². The number of aromatic nitrogens is 2. The Bertz CT molecular complexity index is 524. The highest BCUT2D eigenvalue weighted by molar-refractivity contribution is 7.80. The highest BCUT2D eigenvalue weighted by atomic mass is 32.1. The lowest BCUT2D eigenvalue weighted by Gasteiger charge is -2.24. The molecule has 22 heavy (non-hydrogen) atoms. The third-order valence-electron chi connectivity index (χ3n) is 3.91. The molecule has 1 aromatic rings. The van der Waals surface area contributed by atoms with Crippen molar-refractivity contribution in [3.05, 3.63) is 11.8 Å². The van der Waals surface area contributed by atoms with Gasteiger partial charge in [0.15, 0.2) is 10.9 Å². The topological polar surface area (TPSA) is 79.2 Å². The molecular weight excluding hydrogens is 300 g/mol. The molecule has 0 saturated heterocycles. The molecule has 0 spiro atoms. The second-order valence-electron chi connectivity index (χ2n) is 5.75. The maximum Gasteiger partial charge on any atom is 0.341 e. The third kappa shape index (κ3) is 4.69. The molecule has 0 aromatic carbocycles. The Kier molecular flexibility index (Phi) is 6.18.